The van der Waals surface area contributed by atoms with E-state index in [0.717, 1.165) is 64.2 Å². The molecule has 1 aliphatic heterocycles. The van der Waals surface area contributed by atoms with Crippen LogP contribution in [-0.2, 0) is 14.3 Å². The zero-order valence-corrected chi connectivity index (χ0v) is 55.2. The predicted octanol–water partition coefficient (Wildman–Crippen LogP) is 20.1. The number of nitrogens with one attached hydrogen (secondary N) is 1. The third-order valence-electron chi connectivity index (χ3n) is 17.3. The summed E-state index contributed by atoms with van der Waals surface area (Å²) in [6.45, 7) is 3.72. The van der Waals surface area contributed by atoms with E-state index in [1.54, 1.807) is 6.08 Å². The van der Waals surface area contributed by atoms with E-state index in [1.807, 2.05) is 6.08 Å². The second-order valence-corrected chi connectivity index (χ2v) is 25.4. The van der Waals surface area contributed by atoms with Crippen molar-refractivity contribution in [3.8, 4) is 0 Å². The van der Waals surface area contributed by atoms with Crippen LogP contribution in [0.5, 0.6) is 0 Å². The van der Waals surface area contributed by atoms with Crippen molar-refractivity contribution in [2.24, 2.45) is 0 Å². The number of hydrogen-bond donors (Lipinski definition) is 6. The number of hydrogen-bond acceptors (Lipinski definition) is 8. The van der Waals surface area contributed by atoms with Gasteiger partial charge in [-0.1, -0.05) is 351 Å². The molecular formula is C75H139NO8. The first-order valence-electron chi connectivity index (χ1n) is 36.5. The van der Waals surface area contributed by atoms with Gasteiger partial charge in [0.05, 0.1) is 25.4 Å². The maximum Gasteiger partial charge on any atom is 0.220 e. The standard InChI is InChI=1S/C75H139NO8/c1-3-5-7-9-11-13-15-17-19-21-23-25-27-29-31-33-34-35-37-38-40-42-44-46-48-50-52-54-56-58-60-62-64-69(78)68(67-83-75-74(82)73(81)72(80)70(66-77)84-75)76-71(79)65-63-61-59-57-55-53-51-49-47-45-43-41-39-36-32-30-28-26-24-22-20-18-16-14-12-10-8-6-4-2/h6,8,12,14,18,20,24,26,62,64,68-70,72-75,77-78,80-82H,3-5,7,9-11,13,15-17,19,21-23,25,27-61,63,65-67H2,1-2H3,(H,76,79)/b8-6-,14-12-,20-18-,26-24-,64-62+. The summed E-state index contributed by atoms with van der Waals surface area (Å²) in [4.78, 5) is 13.1. The summed E-state index contributed by atoms with van der Waals surface area (Å²) in [7, 11) is 0. The zero-order valence-electron chi connectivity index (χ0n) is 55.2. The van der Waals surface area contributed by atoms with Crippen molar-refractivity contribution < 1.29 is 39.8 Å². The number of carbonyl (C=O) groups is 1. The van der Waals surface area contributed by atoms with E-state index in [1.165, 1.54) is 270 Å². The Morgan fingerprint density at radius 2 is 0.738 bits per heavy atom. The van der Waals surface area contributed by atoms with Crippen LogP contribution in [0.3, 0.4) is 0 Å². The Kier molecular flexibility index (Phi) is 60.8. The molecule has 0 bridgehead atoms. The molecule has 1 aliphatic rings. The molecule has 492 valence electrons. The first-order valence-corrected chi connectivity index (χ1v) is 36.5. The van der Waals surface area contributed by atoms with Gasteiger partial charge in [-0.2, -0.15) is 0 Å². The maximum absolute atomic E-state index is 13.1. The molecule has 7 atom stereocenters. The molecule has 1 rings (SSSR count). The zero-order chi connectivity index (χ0) is 60.7. The molecule has 1 fully saturated rings. The van der Waals surface area contributed by atoms with E-state index in [9.17, 15) is 30.3 Å². The summed E-state index contributed by atoms with van der Waals surface area (Å²) in [6, 6.07) is -0.808. The molecule has 0 spiro atoms. The van der Waals surface area contributed by atoms with Gasteiger partial charge in [0.15, 0.2) is 6.29 Å². The lowest BCUT2D eigenvalue weighted by molar-refractivity contribution is -0.302. The summed E-state index contributed by atoms with van der Waals surface area (Å²) >= 11 is 0. The van der Waals surface area contributed by atoms with Gasteiger partial charge in [0.1, 0.15) is 24.4 Å². The van der Waals surface area contributed by atoms with Crippen LogP contribution >= 0.6 is 0 Å². The summed E-state index contributed by atoms with van der Waals surface area (Å²) in [5.74, 6) is -0.173. The van der Waals surface area contributed by atoms with E-state index in [4.69, 9.17) is 9.47 Å². The van der Waals surface area contributed by atoms with Crippen LogP contribution in [0.25, 0.3) is 0 Å². The highest BCUT2D eigenvalue weighted by atomic mass is 16.7. The molecule has 9 nitrogen and oxygen atoms in total. The molecule has 1 saturated heterocycles. The Balaban J connectivity index is 2.11. The van der Waals surface area contributed by atoms with Crippen molar-refractivity contribution in [2.75, 3.05) is 13.2 Å². The smallest absolute Gasteiger partial charge is 0.220 e. The van der Waals surface area contributed by atoms with E-state index in [0.29, 0.717) is 6.42 Å². The van der Waals surface area contributed by atoms with Crippen molar-refractivity contribution in [1.29, 1.82) is 0 Å². The molecular weight excluding hydrogens is 1040 g/mol. The van der Waals surface area contributed by atoms with Gasteiger partial charge in [-0.05, 0) is 57.8 Å². The molecule has 0 aromatic carbocycles. The van der Waals surface area contributed by atoms with E-state index < -0.39 is 49.5 Å². The molecule has 9 heteroatoms. The monoisotopic (exact) mass is 1180 g/mol. The third-order valence-corrected chi connectivity index (χ3v) is 17.3. The number of allylic oxidation sites excluding steroid dienone is 9. The Morgan fingerprint density at radius 1 is 0.417 bits per heavy atom. The van der Waals surface area contributed by atoms with Crippen molar-refractivity contribution in [2.45, 2.75) is 397 Å². The highest BCUT2D eigenvalue weighted by Gasteiger charge is 2.44. The van der Waals surface area contributed by atoms with Crippen LogP contribution in [0, 0.1) is 0 Å². The fourth-order valence-electron chi connectivity index (χ4n) is 11.7. The van der Waals surface area contributed by atoms with Gasteiger partial charge in [0.25, 0.3) is 0 Å². The van der Waals surface area contributed by atoms with Crippen LogP contribution < -0.4 is 5.32 Å². The Labute approximate surface area is 519 Å². The normalized spacial score (nSPS) is 18.5. The maximum atomic E-state index is 13.1. The fraction of sp³-hybridized carbons (Fsp3) is 0.853. The summed E-state index contributed by atoms with van der Waals surface area (Å²) in [5.41, 5.74) is 0. The lowest BCUT2D eigenvalue weighted by atomic mass is 9.99. The minimum absolute atomic E-state index is 0.173. The Hall–Kier alpha value is -2.11. The average Bonchev–Trinajstić information content (AvgIpc) is 3.69. The molecule has 0 aliphatic carbocycles. The Morgan fingerprint density at radius 3 is 1.10 bits per heavy atom. The van der Waals surface area contributed by atoms with Gasteiger partial charge in [0, 0.05) is 6.42 Å². The molecule has 0 radical (unpaired) electrons. The van der Waals surface area contributed by atoms with Crippen LogP contribution in [0.15, 0.2) is 60.8 Å². The molecule has 1 amide bonds. The average molecular weight is 1180 g/mol. The molecule has 0 aromatic rings. The summed E-state index contributed by atoms with van der Waals surface area (Å²) in [6.07, 6.45) is 82.0. The molecule has 1 heterocycles. The largest absolute Gasteiger partial charge is 0.394 e. The number of unbranched alkanes of at least 4 members (excludes halogenated alkanes) is 46. The molecule has 0 saturated carbocycles. The fourth-order valence-corrected chi connectivity index (χ4v) is 11.7. The van der Waals surface area contributed by atoms with Crippen LogP contribution in [-0.4, -0.2) is 87.5 Å². The molecule has 84 heavy (non-hydrogen) atoms. The van der Waals surface area contributed by atoms with Crippen molar-refractivity contribution in [3.05, 3.63) is 60.8 Å². The van der Waals surface area contributed by atoms with Gasteiger partial charge < -0.3 is 40.3 Å². The second kappa shape index (κ2) is 63.9. The summed E-state index contributed by atoms with van der Waals surface area (Å²) in [5, 5.41) is 54.8. The van der Waals surface area contributed by atoms with Gasteiger partial charge in [-0.15, -0.1) is 0 Å². The van der Waals surface area contributed by atoms with Crippen LogP contribution in [0.1, 0.15) is 354 Å². The molecule has 6 N–H and O–H groups in total. The quantitative estimate of drug-likeness (QED) is 0.0261. The van der Waals surface area contributed by atoms with Gasteiger partial charge in [0.2, 0.25) is 5.91 Å². The lowest BCUT2D eigenvalue weighted by Crippen LogP contribution is -2.60. The third kappa shape index (κ3) is 51.9. The number of amides is 1. The van der Waals surface area contributed by atoms with Crippen molar-refractivity contribution in [1.82, 2.24) is 5.32 Å². The SMILES string of the molecule is CC/C=C\C/C=C\C/C=C\C/C=C\CCCCCCCCCCCCCCCCCCC(=O)NC(COC1OC(CO)C(O)C(O)C1O)C(O)/C=C/CCCCCCCCCCCCCCCCCCCCCCCCCCCCCCCC. The first-order chi connectivity index (χ1) is 41.3. The lowest BCUT2D eigenvalue weighted by Gasteiger charge is -2.40. The van der Waals surface area contributed by atoms with Gasteiger partial charge in [-0.25, -0.2) is 0 Å². The number of aliphatic hydroxyl groups is 5. The van der Waals surface area contributed by atoms with Gasteiger partial charge >= 0.3 is 0 Å². The number of ether oxygens (including phenoxy) is 2. The number of aliphatic hydroxyl groups excluding tert-OH is 5. The molecule has 7 unspecified atom stereocenters. The van der Waals surface area contributed by atoms with Crippen LogP contribution in [0.2, 0.25) is 0 Å². The Bertz CT molecular complexity index is 1510. The van der Waals surface area contributed by atoms with Crippen molar-refractivity contribution in [3.63, 3.8) is 0 Å². The predicted molar refractivity (Wildman–Crippen MR) is 359 cm³/mol. The van der Waals surface area contributed by atoms with E-state index >= 15 is 0 Å². The highest BCUT2D eigenvalue weighted by Crippen LogP contribution is 2.24. The minimum Gasteiger partial charge on any atom is -0.394 e. The van der Waals surface area contributed by atoms with E-state index in [-0.39, 0.29) is 12.5 Å². The highest BCUT2D eigenvalue weighted by molar-refractivity contribution is 5.76. The van der Waals surface area contributed by atoms with E-state index in [2.05, 4.69) is 67.8 Å². The second-order valence-electron chi connectivity index (χ2n) is 25.4. The van der Waals surface area contributed by atoms with Crippen LogP contribution in [0.4, 0.5) is 0 Å². The topological polar surface area (TPSA) is 149 Å². The molecule has 0 aromatic heterocycles. The first kappa shape index (κ1) is 79.9. The van der Waals surface area contributed by atoms with Crippen molar-refractivity contribution >= 4 is 5.91 Å². The summed E-state index contributed by atoms with van der Waals surface area (Å²) < 4.78 is 11.3. The number of carbonyl (C=O) groups excluding carboxylic acids is 1. The number of rotatable bonds is 64. The minimum atomic E-state index is -1.57. The van der Waals surface area contributed by atoms with Gasteiger partial charge in [-0.3, -0.25) is 4.79 Å².